The lowest BCUT2D eigenvalue weighted by atomic mass is 9.79. The molecular weight excluding hydrogens is 507 g/mol. The van der Waals surface area contributed by atoms with E-state index in [-0.39, 0.29) is 35.5 Å². The maximum atomic E-state index is 11.7. The van der Waals surface area contributed by atoms with Gasteiger partial charge >= 0.3 is 6.09 Å². The minimum absolute atomic E-state index is 0. The first kappa shape index (κ1) is 25.5. The molecule has 2 N–H and O–H groups in total. The molecule has 1 amide bonds. The van der Waals surface area contributed by atoms with Gasteiger partial charge in [0.2, 0.25) is 0 Å². The lowest BCUT2D eigenvalue weighted by molar-refractivity contribution is 0.111. The van der Waals surface area contributed by atoms with Crippen LogP contribution in [0.5, 0.6) is 5.75 Å². The number of halogens is 1. The number of methoxy groups -OCH3 is 2. The molecule has 31 heavy (non-hydrogen) atoms. The molecule has 174 valence electrons. The van der Waals surface area contributed by atoms with Gasteiger partial charge < -0.3 is 25.0 Å². The first-order valence-electron chi connectivity index (χ1n) is 11.1. The van der Waals surface area contributed by atoms with Crippen LogP contribution in [0.15, 0.2) is 29.3 Å². The molecule has 8 heteroatoms. The molecule has 1 aliphatic heterocycles. The number of amides is 1. The third-order valence-electron chi connectivity index (χ3n) is 6.40. The van der Waals surface area contributed by atoms with Crippen molar-refractivity contribution in [1.29, 1.82) is 0 Å². The summed E-state index contributed by atoms with van der Waals surface area (Å²) in [4.78, 5) is 18.5. The molecule has 2 fully saturated rings. The normalized spacial score (nSPS) is 18.8. The maximum Gasteiger partial charge on any atom is 0.409 e. The Morgan fingerprint density at radius 2 is 1.94 bits per heavy atom. The number of ether oxygens (including phenoxy) is 2. The lowest BCUT2D eigenvalue weighted by Crippen LogP contribution is -2.50. The van der Waals surface area contributed by atoms with Crippen LogP contribution in [0, 0.1) is 0 Å². The largest absolute Gasteiger partial charge is 0.497 e. The Hall–Kier alpha value is -1.71. The molecule has 7 nitrogen and oxygen atoms in total. The van der Waals surface area contributed by atoms with E-state index in [9.17, 15) is 4.79 Å². The Balaban J connectivity index is 0.00000341. The second-order valence-electron chi connectivity index (χ2n) is 8.29. The number of hydrogen-bond donors (Lipinski definition) is 2. The molecule has 0 bridgehead atoms. The molecular formula is C23H37IN4O3. The fourth-order valence-electron chi connectivity index (χ4n) is 4.62. The van der Waals surface area contributed by atoms with Gasteiger partial charge in [0, 0.05) is 31.1 Å². The third kappa shape index (κ3) is 6.63. The van der Waals surface area contributed by atoms with Crippen LogP contribution in [0.4, 0.5) is 4.79 Å². The number of nitrogens with one attached hydrogen (secondary N) is 2. The summed E-state index contributed by atoms with van der Waals surface area (Å²) in [6.07, 6.45) is 6.32. The zero-order valence-electron chi connectivity index (χ0n) is 19.0. The van der Waals surface area contributed by atoms with Crippen molar-refractivity contribution >= 4 is 36.0 Å². The molecule has 1 aromatic rings. The molecule has 1 aromatic carbocycles. The SMILES string of the molecule is CCNC(=NCC1(c2cccc(OC)c2)CCCC1)NC1CCN(C(=O)OC)CC1.I. The van der Waals surface area contributed by atoms with Crippen LogP contribution in [0.1, 0.15) is 51.0 Å². The van der Waals surface area contributed by atoms with E-state index in [1.165, 1.54) is 25.5 Å². The van der Waals surface area contributed by atoms with Crippen molar-refractivity contribution in [3.8, 4) is 5.75 Å². The Kier molecular flexibility index (Phi) is 10.2. The van der Waals surface area contributed by atoms with Gasteiger partial charge in [-0.3, -0.25) is 4.99 Å². The van der Waals surface area contributed by atoms with Crippen molar-refractivity contribution in [3.63, 3.8) is 0 Å². The number of carbonyl (C=O) groups is 1. The van der Waals surface area contributed by atoms with Crippen molar-refractivity contribution in [2.75, 3.05) is 40.4 Å². The van der Waals surface area contributed by atoms with Gasteiger partial charge in [-0.15, -0.1) is 24.0 Å². The highest BCUT2D eigenvalue weighted by molar-refractivity contribution is 14.0. The first-order valence-corrected chi connectivity index (χ1v) is 11.1. The lowest BCUT2D eigenvalue weighted by Gasteiger charge is -2.33. The highest BCUT2D eigenvalue weighted by atomic mass is 127. The van der Waals surface area contributed by atoms with Crippen LogP contribution in [-0.4, -0.2) is 63.4 Å². The molecule has 0 radical (unpaired) electrons. The molecule has 1 saturated carbocycles. The van der Waals surface area contributed by atoms with E-state index < -0.39 is 0 Å². The fraction of sp³-hybridized carbons (Fsp3) is 0.652. The maximum absolute atomic E-state index is 11.7. The van der Waals surface area contributed by atoms with Gasteiger partial charge in [0.1, 0.15) is 5.75 Å². The topological polar surface area (TPSA) is 75.2 Å². The minimum atomic E-state index is -0.240. The van der Waals surface area contributed by atoms with Crippen molar-refractivity contribution in [2.45, 2.75) is 56.9 Å². The second kappa shape index (κ2) is 12.4. The number of hydrogen-bond acceptors (Lipinski definition) is 4. The van der Waals surface area contributed by atoms with E-state index in [1.54, 1.807) is 12.0 Å². The average molecular weight is 544 g/mol. The number of benzene rings is 1. The summed E-state index contributed by atoms with van der Waals surface area (Å²) < 4.78 is 10.3. The highest BCUT2D eigenvalue weighted by Crippen LogP contribution is 2.42. The predicted molar refractivity (Wildman–Crippen MR) is 135 cm³/mol. The van der Waals surface area contributed by atoms with Gasteiger partial charge in [-0.1, -0.05) is 25.0 Å². The number of guanidine groups is 1. The van der Waals surface area contributed by atoms with Gasteiger partial charge in [0.15, 0.2) is 5.96 Å². The van der Waals surface area contributed by atoms with E-state index in [1.807, 2.05) is 6.07 Å². The first-order chi connectivity index (χ1) is 14.6. The van der Waals surface area contributed by atoms with E-state index in [0.29, 0.717) is 19.1 Å². The third-order valence-corrected chi connectivity index (χ3v) is 6.40. The number of likely N-dealkylation sites (tertiary alicyclic amines) is 1. The monoisotopic (exact) mass is 544 g/mol. The van der Waals surface area contributed by atoms with Crippen molar-refractivity contribution in [2.24, 2.45) is 4.99 Å². The van der Waals surface area contributed by atoms with Gasteiger partial charge in [-0.2, -0.15) is 0 Å². The van der Waals surface area contributed by atoms with E-state index in [0.717, 1.165) is 50.5 Å². The van der Waals surface area contributed by atoms with Gasteiger partial charge in [0.25, 0.3) is 0 Å². The van der Waals surface area contributed by atoms with Crippen LogP contribution in [0.25, 0.3) is 0 Å². The fourth-order valence-corrected chi connectivity index (χ4v) is 4.62. The highest BCUT2D eigenvalue weighted by Gasteiger charge is 2.36. The number of carbonyl (C=O) groups excluding carboxylic acids is 1. The molecule has 0 atom stereocenters. The molecule has 3 rings (SSSR count). The van der Waals surface area contributed by atoms with Crippen LogP contribution in [0.2, 0.25) is 0 Å². The summed E-state index contributed by atoms with van der Waals surface area (Å²) >= 11 is 0. The summed E-state index contributed by atoms with van der Waals surface area (Å²) in [6.45, 7) is 5.08. The van der Waals surface area contributed by atoms with Crippen molar-refractivity contribution < 1.29 is 14.3 Å². The predicted octanol–water partition coefficient (Wildman–Crippen LogP) is 3.91. The Bertz CT molecular complexity index is 729. The zero-order valence-corrected chi connectivity index (χ0v) is 21.3. The molecule has 1 aliphatic carbocycles. The van der Waals surface area contributed by atoms with Crippen LogP contribution in [0.3, 0.4) is 0 Å². The standard InChI is InChI=1S/C23H36N4O3.HI/c1-4-24-21(26-19-10-14-27(15-11-19)22(28)30-3)25-17-23(12-5-6-13-23)18-8-7-9-20(16-18)29-2;/h7-9,16,19H,4-6,10-15,17H2,1-3H3,(H2,24,25,26);1H. The van der Waals surface area contributed by atoms with E-state index in [4.69, 9.17) is 14.5 Å². The van der Waals surface area contributed by atoms with Gasteiger partial charge in [-0.05, 0) is 50.3 Å². The Labute approximate surface area is 203 Å². The number of rotatable bonds is 6. The van der Waals surface area contributed by atoms with Crippen LogP contribution < -0.4 is 15.4 Å². The summed E-state index contributed by atoms with van der Waals surface area (Å²) in [5.41, 5.74) is 1.40. The molecule has 0 unspecified atom stereocenters. The summed E-state index contributed by atoms with van der Waals surface area (Å²) in [5, 5.41) is 6.98. The van der Waals surface area contributed by atoms with Crippen LogP contribution in [-0.2, 0) is 10.2 Å². The Morgan fingerprint density at radius 1 is 1.23 bits per heavy atom. The number of piperidine rings is 1. The number of nitrogens with zero attached hydrogens (tertiary/aromatic N) is 2. The smallest absolute Gasteiger partial charge is 0.409 e. The van der Waals surface area contributed by atoms with Gasteiger partial charge in [-0.25, -0.2) is 4.79 Å². The quantitative estimate of drug-likeness (QED) is 0.323. The van der Waals surface area contributed by atoms with E-state index >= 15 is 0 Å². The Morgan fingerprint density at radius 3 is 2.55 bits per heavy atom. The second-order valence-corrected chi connectivity index (χ2v) is 8.29. The molecule has 1 heterocycles. The molecule has 2 aliphatic rings. The van der Waals surface area contributed by atoms with E-state index in [2.05, 4.69) is 35.8 Å². The molecule has 0 aromatic heterocycles. The van der Waals surface area contributed by atoms with Gasteiger partial charge in [0.05, 0.1) is 20.8 Å². The van der Waals surface area contributed by atoms with Crippen LogP contribution >= 0.6 is 24.0 Å². The summed E-state index contributed by atoms with van der Waals surface area (Å²) in [6, 6.07) is 8.77. The van der Waals surface area contributed by atoms with Crippen molar-refractivity contribution in [1.82, 2.24) is 15.5 Å². The molecule has 1 saturated heterocycles. The average Bonchev–Trinajstić information content (AvgIpc) is 3.28. The molecule has 0 spiro atoms. The minimum Gasteiger partial charge on any atom is -0.497 e. The summed E-state index contributed by atoms with van der Waals surface area (Å²) in [7, 11) is 3.15. The number of aliphatic imine (C=N–C) groups is 1. The zero-order chi connectivity index (χ0) is 21.4. The van der Waals surface area contributed by atoms with Crippen molar-refractivity contribution in [3.05, 3.63) is 29.8 Å². The summed E-state index contributed by atoms with van der Waals surface area (Å²) in [5.74, 6) is 1.77.